The highest BCUT2D eigenvalue weighted by atomic mass is 16.2. The molecule has 0 aliphatic heterocycles. The van der Waals surface area contributed by atoms with Crippen molar-refractivity contribution in [3.63, 3.8) is 0 Å². The summed E-state index contributed by atoms with van der Waals surface area (Å²) in [6, 6.07) is 8.05. The van der Waals surface area contributed by atoms with Crippen LogP contribution in [0.1, 0.15) is 44.9 Å². The third kappa shape index (κ3) is 3.48. The minimum absolute atomic E-state index is 0.0258. The molecule has 0 spiro atoms. The lowest BCUT2D eigenvalue weighted by atomic mass is 9.97. The average Bonchev–Trinajstić information content (AvgIpc) is 2.95. The van der Waals surface area contributed by atoms with Crippen LogP contribution >= 0.6 is 0 Å². The normalized spacial score (nSPS) is 16.3. The van der Waals surface area contributed by atoms with Crippen molar-refractivity contribution in [2.45, 2.75) is 57.5 Å². The predicted molar refractivity (Wildman–Crippen MR) is 107 cm³/mol. The number of aromatic nitrogens is 3. The van der Waals surface area contributed by atoms with E-state index >= 15 is 0 Å². The van der Waals surface area contributed by atoms with Crippen LogP contribution in [-0.4, -0.2) is 26.3 Å². The number of rotatable bonds is 3. The molecule has 1 N–H and O–H groups in total. The smallest absolute Gasteiger partial charge is 0.291 e. The van der Waals surface area contributed by atoms with Crippen LogP contribution in [0, 0.1) is 0 Å². The lowest BCUT2D eigenvalue weighted by Gasteiger charge is -2.21. The Morgan fingerprint density at radius 1 is 1.11 bits per heavy atom. The Morgan fingerprint density at radius 3 is 2.59 bits per heavy atom. The van der Waals surface area contributed by atoms with E-state index in [9.17, 15) is 9.59 Å². The summed E-state index contributed by atoms with van der Waals surface area (Å²) in [5.41, 5.74) is 1.26. The summed E-state index contributed by atoms with van der Waals surface area (Å²) in [7, 11) is 1.64. The fourth-order valence-electron chi connectivity index (χ4n) is 4.22. The summed E-state index contributed by atoms with van der Waals surface area (Å²) < 4.78 is 3.16. The highest BCUT2D eigenvalue weighted by Crippen LogP contribution is 2.26. The van der Waals surface area contributed by atoms with Gasteiger partial charge in [0.1, 0.15) is 12.1 Å². The Labute approximate surface area is 158 Å². The number of carbonyl (C=O) groups excluding carboxylic acids is 1. The van der Waals surface area contributed by atoms with Crippen molar-refractivity contribution in [2.75, 3.05) is 0 Å². The molecule has 27 heavy (non-hydrogen) atoms. The molecule has 6 nitrogen and oxygen atoms in total. The fourth-order valence-corrected chi connectivity index (χ4v) is 4.22. The number of amides is 1. The highest BCUT2D eigenvalue weighted by Gasteiger charge is 2.19. The third-order valence-electron chi connectivity index (χ3n) is 5.64. The second kappa shape index (κ2) is 7.55. The van der Waals surface area contributed by atoms with Crippen LogP contribution in [0.5, 0.6) is 0 Å². The number of carbonyl (C=O) groups is 1. The first kappa shape index (κ1) is 17.8. The maximum absolute atomic E-state index is 12.8. The number of hydrogen-bond donors (Lipinski definition) is 1. The summed E-state index contributed by atoms with van der Waals surface area (Å²) in [5.74, 6) is -0.0258. The quantitative estimate of drug-likeness (QED) is 0.774. The van der Waals surface area contributed by atoms with Crippen molar-refractivity contribution in [1.29, 1.82) is 0 Å². The molecule has 0 unspecified atom stereocenters. The van der Waals surface area contributed by atoms with Crippen LogP contribution in [0.3, 0.4) is 0 Å². The Kier molecular flexibility index (Phi) is 4.97. The molecule has 1 amide bonds. The minimum atomic E-state index is -0.178. The molecule has 142 valence electrons. The molecule has 3 aromatic rings. The van der Waals surface area contributed by atoms with Gasteiger partial charge in [-0.15, -0.1) is 0 Å². The second-order valence-corrected chi connectivity index (χ2v) is 7.55. The van der Waals surface area contributed by atoms with Gasteiger partial charge in [-0.25, -0.2) is 4.68 Å². The van der Waals surface area contributed by atoms with E-state index < -0.39 is 0 Å². The van der Waals surface area contributed by atoms with Gasteiger partial charge in [0.15, 0.2) is 0 Å². The molecule has 1 aliphatic carbocycles. The van der Waals surface area contributed by atoms with Crippen molar-refractivity contribution in [2.24, 2.45) is 7.05 Å². The SMILES string of the molecule is Cn1ncc2c3ccccc3n(CC(=O)NC3CCCCCCC3)c2c1=O. The lowest BCUT2D eigenvalue weighted by Crippen LogP contribution is -2.37. The number of para-hydroxylation sites is 1. The Bertz CT molecular complexity index is 1030. The van der Waals surface area contributed by atoms with Crippen LogP contribution in [0.4, 0.5) is 0 Å². The van der Waals surface area contributed by atoms with Gasteiger partial charge in [0.2, 0.25) is 5.91 Å². The Morgan fingerprint density at radius 2 is 1.81 bits per heavy atom. The van der Waals surface area contributed by atoms with Crippen LogP contribution in [-0.2, 0) is 18.4 Å². The first-order chi connectivity index (χ1) is 13.1. The van der Waals surface area contributed by atoms with E-state index in [4.69, 9.17) is 0 Å². The van der Waals surface area contributed by atoms with Crippen LogP contribution in [0.2, 0.25) is 0 Å². The van der Waals surface area contributed by atoms with Gasteiger partial charge in [-0.05, 0) is 18.9 Å². The zero-order valence-electron chi connectivity index (χ0n) is 15.8. The van der Waals surface area contributed by atoms with E-state index in [0.717, 1.165) is 29.1 Å². The van der Waals surface area contributed by atoms with Crippen molar-refractivity contribution < 1.29 is 4.79 Å². The summed E-state index contributed by atoms with van der Waals surface area (Å²) >= 11 is 0. The van der Waals surface area contributed by atoms with Gasteiger partial charge in [0.05, 0.1) is 6.20 Å². The van der Waals surface area contributed by atoms with Gasteiger partial charge in [-0.1, -0.05) is 50.3 Å². The molecule has 0 atom stereocenters. The molecular formula is C21H26N4O2. The number of benzene rings is 1. The summed E-state index contributed by atoms with van der Waals surface area (Å²) in [4.78, 5) is 25.5. The van der Waals surface area contributed by atoms with Gasteiger partial charge in [0.25, 0.3) is 5.56 Å². The maximum atomic E-state index is 12.8. The van der Waals surface area contributed by atoms with Crippen molar-refractivity contribution in [3.05, 3.63) is 40.8 Å². The molecule has 1 saturated carbocycles. The van der Waals surface area contributed by atoms with Gasteiger partial charge < -0.3 is 9.88 Å². The Balaban J connectivity index is 1.67. The summed E-state index contributed by atoms with van der Waals surface area (Å²) in [6.45, 7) is 0.153. The average molecular weight is 366 g/mol. The van der Waals surface area contributed by atoms with E-state index in [1.165, 1.54) is 36.8 Å². The van der Waals surface area contributed by atoms with Gasteiger partial charge in [-0.3, -0.25) is 9.59 Å². The van der Waals surface area contributed by atoms with Crippen LogP contribution in [0.15, 0.2) is 35.3 Å². The number of nitrogens with one attached hydrogen (secondary N) is 1. The number of hydrogen-bond acceptors (Lipinski definition) is 3. The van der Waals surface area contributed by atoms with E-state index in [0.29, 0.717) is 5.52 Å². The summed E-state index contributed by atoms with van der Waals surface area (Å²) in [5, 5.41) is 9.11. The molecular weight excluding hydrogens is 340 g/mol. The minimum Gasteiger partial charge on any atom is -0.352 e. The molecule has 1 aliphatic rings. The predicted octanol–water partition coefficient (Wildman–Crippen LogP) is 3.12. The van der Waals surface area contributed by atoms with Gasteiger partial charge >= 0.3 is 0 Å². The third-order valence-corrected chi connectivity index (χ3v) is 5.64. The topological polar surface area (TPSA) is 68.9 Å². The van der Waals surface area contributed by atoms with Crippen molar-refractivity contribution >= 4 is 27.7 Å². The van der Waals surface area contributed by atoms with Crippen LogP contribution < -0.4 is 10.9 Å². The second-order valence-electron chi connectivity index (χ2n) is 7.55. The molecule has 0 bridgehead atoms. The maximum Gasteiger partial charge on any atom is 0.291 e. The zero-order chi connectivity index (χ0) is 18.8. The van der Waals surface area contributed by atoms with Crippen molar-refractivity contribution in [3.8, 4) is 0 Å². The highest BCUT2D eigenvalue weighted by molar-refractivity contribution is 6.07. The largest absolute Gasteiger partial charge is 0.352 e. The number of nitrogens with zero attached hydrogens (tertiary/aromatic N) is 3. The fraction of sp³-hybridized carbons (Fsp3) is 0.476. The van der Waals surface area contributed by atoms with E-state index in [1.807, 2.05) is 28.8 Å². The molecule has 4 rings (SSSR count). The van der Waals surface area contributed by atoms with Crippen LogP contribution in [0.25, 0.3) is 21.8 Å². The molecule has 1 fully saturated rings. The van der Waals surface area contributed by atoms with Crippen molar-refractivity contribution in [1.82, 2.24) is 19.7 Å². The standard InChI is InChI=1S/C21H26N4O2/c1-24-21(27)20-17(13-22-24)16-11-7-8-12-18(16)25(20)14-19(26)23-15-9-5-3-2-4-6-10-15/h7-8,11-13,15H,2-6,9-10,14H2,1H3,(H,23,26). The van der Waals surface area contributed by atoms with E-state index in [-0.39, 0.29) is 24.1 Å². The Hall–Kier alpha value is -2.63. The zero-order valence-corrected chi connectivity index (χ0v) is 15.8. The number of aryl methyl sites for hydroxylation is 1. The first-order valence-corrected chi connectivity index (χ1v) is 9.88. The lowest BCUT2D eigenvalue weighted by molar-refractivity contribution is -0.122. The molecule has 0 radical (unpaired) electrons. The molecule has 1 aromatic carbocycles. The number of fused-ring (bicyclic) bond motifs is 3. The monoisotopic (exact) mass is 366 g/mol. The first-order valence-electron chi connectivity index (χ1n) is 9.88. The molecule has 6 heteroatoms. The molecule has 2 heterocycles. The van der Waals surface area contributed by atoms with E-state index in [2.05, 4.69) is 10.4 Å². The molecule has 0 saturated heterocycles. The van der Waals surface area contributed by atoms with Gasteiger partial charge in [0, 0.05) is 29.4 Å². The van der Waals surface area contributed by atoms with E-state index in [1.54, 1.807) is 13.2 Å². The van der Waals surface area contributed by atoms with Gasteiger partial charge in [-0.2, -0.15) is 5.10 Å². The summed E-state index contributed by atoms with van der Waals surface area (Å²) in [6.07, 6.45) is 9.96. The molecule has 2 aromatic heterocycles.